The van der Waals surface area contributed by atoms with Gasteiger partial charge in [-0.3, -0.25) is 9.59 Å². The molecule has 1 atom stereocenters. The van der Waals surface area contributed by atoms with Gasteiger partial charge in [0.1, 0.15) is 6.54 Å². The molecule has 0 unspecified atom stereocenters. The summed E-state index contributed by atoms with van der Waals surface area (Å²) in [6, 6.07) is 4.73. The number of carbonyl (C=O) groups excluding carboxylic acids is 1. The fourth-order valence-corrected chi connectivity index (χ4v) is 3.04. The second-order valence-corrected chi connectivity index (χ2v) is 6.18. The first-order valence-electron chi connectivity index (χ1n) is 8.01. The second-order valence-electron chi connectivity index (χ2n) is 6.18. The molecule has 23 heavy (non-hydrogen) atoms. The van der Waals surface area contributed by atoms with Crippen LogP contribution >= 0.6 is 0 Å². The van der Waals surface area contributed by atoms with Gasteiger partial charge in [0.15, 0.2) is 5.82 Å². The predicted octanol–water partition coefficient (Wildman–Crippen LogP) is 1.47. The first kappa shape index (κ1) is 14.2. The molecule has 1 saturated heterocycles. The Morgan fingerprint density at radius 2 is 2.17 bits per heavy atom. The third-order valence-electron chi connectivity index (χ3n) is 4.46. The molecular formula is C16H18N4O3. The summed E-state index contributed by atoms with van der Waals surface area (Å²) >= 11 is 0. The van der Waals surface area contributed by atoms with E-state index in [0.717, 1.165) is 25.7 Å². The minimum atomic E-state index is -0.174. The van der Waals surface area contributed by atoms with E-state index in [1.54, 1.807) is 23.2 Å². The Kier molecular flexibility index (Phi) is 3.48. The molecule has 2 aromatic heterocycles. The van der Waals surface area contributed by atoms with Crippen LogP contribution in [0, 0.1) is 0 Å². The molecular weight excluding hydrogens is 296 g/mol. The van der Waals surface area contributed by atoms with Crippen molar-refractivity contribution in [2.45, 2.75) is 44.2 Å². The van der Waals surface area contributed by atoms with Crippen molar-refractivity contribution in [3.63, 3.8) is 0 Å². The molecule has 7 nitrogen and oxygen atoms in total. The standard InChI is InChI=1S/C16H18N4O3/c21-13-5-1-2-8-19(13)10-14(22)20-9-3-4-12(20)15-17-16(23-18-15)11-6-7-11/h1-2,5,8,11-12H,3-4,6-7,9-10H2/t12-/m1/s1. The fourth-order valence-electron chi connectivity index (χ4n) is 3.04. The maximum Gasteiger partial charge on any atom is 0.250 e. The zero-order valence-electron chi connectivity index (χ0n) is 12.7. The van der Waals surface area contributed by atoms with E-state index in [0.29, 0.717) is 24.2 Å². The van der Waals surface area contributed by atoms with Crippen molar-refractivity contribution in [1.29, 1.82) is 0 Å². The van der Waals surface area contributed by atoms with Gasteiger partial charge < -0.3 is 14.0 Å². The van der Waals surface area contributed by atoms with E-state index in [1.807, 2.05) is 0 Å². The molecule has 0 aromatic carbocycles. The fraction of sp³-hybridized carbons (Fsp3) is 0.500. The van der Waals surface area contributed by atoms with Crippen molar-refractivity contribution in [1.82, 2.24) is 19.6 Å². The maximum absolute atomic E-state index is 12.6. The van der Waals surface area contributed by atoms with Gasteiger partial charge in [0.2, 0.25) is 11.8 Å². The zero-order valence-corrected chi connectivity index (χ0v) is 12.7. The smallest absolute Gasteiger partial charge is 0.250 e. The van der Waals surface area contributed by atoms with Crippen molar-refractivity contribution in [3.8, 4) is 0 Å². The molecule has 1 aliphatic heterocycles. The highest BCUT2D eigenvalue weighted by Gasteiger charge is 2.36. The molecule has 1 amide bonds. The van der Waals surface area contributed by atoms with E-state index in [2.05, 4.69) is 10.1 Å². The summed E-state index contributed by atoms with van der Waals surface area (Å²) in [4.78, 5) is 30.6. The Balaban J connectivity index is 1.51. The van der Waals surface area contributed by atoms with Crippen LogP contribution in [-0.2, 0) is 11.3 Å². The second kappa shape index (κ2) is 5.64. The minimum absolute atomic E-state index is 0.0451. The van der Waals surface area contributed by atoms with Gasteiger partial charge in [0, 0.05) is 24.7 Å². The van der Waals surface area contributed by atoms with E-state index in [-0.39, 0.29) is 24.1 Å². The summed E-state index contributed by atoms with van der Waals surface area (Å²) < 4.78 is 6.73. The van der Waals surface area contributed by atoms with Gasteiger partial charge in [0.05, 0.1) is 6.04 Å². The summed E-state index contributed by atoms with van der Waals surface area (Å²) in [5.41, 5.74) is -0.174. The number of rotatable bonds is 4. The first-order chi connectivity index (χ1) is 11.2. The number of pyridine rings is 1. The number of aromatic nitrogens is 3. The number of carbonyl (C=O) groups is 1. The zero-order chi connectivity index (χ0) is 15.8. The highest BCUT2D eigenvalue weighted by molar-refractivity contribution is 5.76. The van der Waals surface area contributed by atoms with Gasteiger partial charge in [-0.05, 0) is 31.7 Å². The molecule has 7 heteroatoms. The largest absolute Gasteiger partial charge is 0.339 e. The van der Waals surface area contributed by atoms with Gasteiger partial charge >= 0.3 is 0 Å². The number of amides is 1. The highest BCUT2D eigenvalue weighted by atomic mass is 16.5. The Morgan fingerprint density at radius 3 is 2.96 bits per heavy atom. The lowest BCUT2D eigenvalue weighted by Crippen LogP contribution is -2.36. The average molecular weight is 314 g/mol. The molecule has 1 saturated carbocycles. The average Bonchev–Trinajstić information content (AvgIpc) is 3.10. The third-order valence-corrected chi connectivity index (χ3v) is 4.46. The lowest BCUT2D eigenvalue weighted by atomic mass is 10.2. The molecule has 2 aliphatic rings. The summed E-state index contributed by atoms with van der Waals surface area (Å²) in [7, 11) is 0. The van der Waals surface area contributed by atoms with Gasteiger partial charge in [0.25, 0.3) is 5.56 Å². The van der Waals surface area contributed by atoms with E-state index in [4.69, 9.17) is 4.52 Å². The number of hydrogen-bond donors (Lipinski definition) is 0. The van der Waals surface area contributed by atoms with Gasteiger partial charge in [-0.25, -0.2) is 0 Å². The van der Waals surface area contributed by atoms with Crippen LogP contribution in [0.25, 0.3) is 0 Å². The van der Waals surface area contributed by atoms with E-state index in [1.165, 1.54) is 10.6 Å². The summed E-state index contributed by atoms with van der Waals surface area (Å²) in [5, 5.41) is 4.07. The van der Waals surface area contributed by atoms with E-state index in [9.17, 15) is 9.59 Å². The molecule has 0 bridgehead atoms. The molecule has 2 fully saturated rings. The highest BCUT2D eigenvalue weighted by Crippen LogP contribution is 2.40. The summed E-state index contributed by atoms with van der Waals surface area (Å²) in [6.45, 7) is 0.710. The molecule has 120 valence electrons. The van der Waals surface area contributed by atoms with E-state index >= 15 is 0 Å². The van der Waals surface area contributed by atoms with Crippen molar-refractivity contribution in [2.75, 3.05) is 6.54 Å². The van der Waals surface area contributed by atoms with Crippen LogP contribution in [0.15, 0.2) is 33.7 Å². The Labute approximate surface area is 132 Å². The van der Waals surface area contributed by atoms with Crippen LogP contribution < -0.4 is 5.56 Å². The van der Waals surface area contributed by atoms with Crippen LogP contribution in [0.3, 0.4) is 0 Å². The number of likely N-dealkylation sites (tertiary alicyclic amines) is 1. The molecule has 0 N–H and O–H groups in total. The van der Waals surface area contributed by atoms with Crippen molar-refractivity contribution in [2.24, 2.45) is 0 Å². The molecule has 0 spiro atoms. The topological polar surface area (TPSA) is 81.2 Å². The van der Waals surface area contributed by atoms with Crippen molar-refractivity contribution in [3.05, 3.63) is 46.5 Å². The van der Waals surface area contributed by atoms with Crippen molar-refractivity contribution < 1.29 is 9.32 Å². The normalized spacial score (nSPS) is 20.9. The minimum Gasteiger partial charge on any atom is -0.339 e. The van der Waals surface area contributed by atoms with Crippen LogP contribution in [0.1, 0.15) is 49.4 Å². The van der Waals surface area contributed by atoms with Gasteiger partial charge in [-0.15, -0.1) is 0 Å². The molecule has 3 heterocycles. The Hall–Kier alpha value is -2.44. The molecule has 1 aliphatic carbocycles. The van der Waals surface area contributed by atoms with Crippen LogP contribution in [0.4, 0.5) is 0 Å². The third kappa shape index (κ3) is 2.78. The van der Waals surface area contributed by atoms with Crippen LogP contribution in [-0.4, -0.2) is 32.1 Å². The SMILES string of the molecule is O=C(Cn1ccccc1=O)N1CCC[C@@H]1c1noc(C2CC2)n1. The predicted molar refractivity (Wildman–Crippen MR) is 80.7 cm³/mol. The molecule has 4 rings (SSSR count). The Morgan fingerprint density at radius 1 is 1.30 bits per heavy atom. The number of nitrogens with zero attached hydrogens (tertiary/aromatic N) is 4. The van der Waals surface area contributed by atoms with Crippen LogP contribution in [0.5, 0.6) is 0 Å². The molecule has 0 radical (unpaired) electrons. The quantitative estimate of drug-likeness (QED) is 0.853. The lowest BCUT2D eigenvalue weighted by molar-refractivity contribution is -0.133. The first-order valence-corrected chi connectivity index (χ1v) is 8.01. The maximum atomic E-state index is 12.6. The van der Waals surface area contributed by atoms with Gasteiger partial charge in [-0.2, -0.15) is 4.98 Å². The summed E-state index contributed by atoms with van der Waals surface area (Å²) in [5.74, 6) is 1.61. The monoisotopic (exact) mass is 314 g/mol. The molecule has 2 aromatic rings. The van der Waals surface area contributed by atoms with Crippen molar-refractivity contribution >= 4 is 5.91 Å². The lowest BCUT2D eigenvalue weighted by Gasteiger charge is -2.22. The number of hydrogen-bond acceptors (Lipinski definition) is 5. The Bertz CT molecular complexity index is 777. The van der Waals surface area contributed by atoms with Crippen LogP contribution in [0.2, 0.25) is 0 Å². The summed E-state index contributed by atoms with van der Waals surface area (Å²) in [6.07, 6.45) is 5.58. The van der Waals surface area contributed by atoms with Gasteiger partial charge in [-0.1, -0.05) is 11.2 Å². The van der Waals surface area contributed by atoms with E-state index < -0.39 is 0 Å².